The highest BCUT2D eigenvalue weighted by Gasteiger charge is 2.28. The van der Waals surface area contributed by atoms with Crippen LogP contribution in [0.3, 0.4) is 0 Å². The molecule has 0 bridgehead atoms. The average molecular weight is 329 g/mol. The van der Waals surface area contributed by atoms with E-state index in [1.165, 1.54) is 0 Å². The number of amides is 1. The van der Waals surface area contributed by atoms with Crippen molar-refractivity contribution in [2.45, 2.75) is 13.3 Å². The summed E-state index contributed by atoms with van der Waals surface area (Å²) in [6.07, 6.45) is 0.745. The Morgan fingerprint density at radius 2 is 2.09 bits per heavy atom. The summed E-state index contributed by atoms with van der Waals surface area (Å²) in [5, 5.41) is 6.20. The summed E-state index contributed by atoms with van der Waals surface area (Å²) in [7, 11) is 3.27. The van der Waals surface area contributed by atoms with E-state index in [0.29, 0.717) is 12.5 Å². The van der Waals surface area contributed by atoms with E-state index in [9.17, 15) is 4.79 Å². The van der Waals surface area contributed by atoms with Crippen molar-refractivity contribution in [1.29, 1.82) is 0 Å². The van der Waals surface area contributed by atoms with Gasteiger partial charge in [-0.05, 0) is 37.1 Å². The van der Waals surface area contributed by atoms with Gasteiger partial charge in [0.1, 0.15) is 11.5 Å². The topological polar surface area (TPSA) is 59.6 Å². The fourth-order valence-electron chi connectivity index (χ4n) is 2.42. The van der Waals surface area contributed by atoms with Gasteiger partial charge in [-0.2, -0.15) is 0 Å². The minimum Gasteiger partial charge on any atom is -0.497 e. The van der Waals surface area contributed by atoms with Crippen molar-refractivity contribution in [2.75, 3.05) is 33.9 Å². The highest BCUT2D eigenvalue weighted by atomic mass is 35.5. The van der Waals surface area contributed by atoms with E-state index in [-0.39, 0.29) is 24.2 Å². The molecule has 2 rings (SSSR count). The number of nitrogens with one attached hydrogen (secondary N) is 2. The van der Waals surface area contributed by atoms with Crippen molar-refractivity contribution in [3.05, 3.63) is 23.8 Å². The molecule has 1 amide bonds. The summed E-state index contributed by atoms with van der Waals surface area (Å²) in [5.74, 6) is 2.24. The predicted octanol–water partition coefficient (Wildman–Crippen LogP) is 1.64. The molecule has 22 heavy (non-hydrogen) atoms. The van der Waals surface area contributed by atoms with E-state index >= 15 is 0 Å². The monoisotopic (exact) mass is 328 g/mol. The van der Waals surface area contributed by atoms with Crippen LogP contribution in [0.25, 0.3) is 0 Å². The Kier molecular flexibility index (Phi) is 7.48. The lowest BCUT2D eigenvalue weighted by Crippen LogP contribution is -2.49. The van der Waals surface area contributed by atoms with Gasteiger partial charge in [0.05, 0.1) is 14.2 Å². The van der Waals surface area contributed by atoms with Crippen LogP contribution in [0.1, 0.15) is 12.5 Å². The third-order valence-electron chi connectivity index (χ3n) is 4.12. The van der Waals surface area contributed by atoms with E-state index in [1.807, 2.05) is 25.1 Å². The first-order valence-corrected chi connectivity index (χ1v) is 7.35. The van der Waals surface area contributed by atoms with E-state index in [2.05, 4.69) is 10.6 Å². The number of halogens is 1. The molecule has 1 saturated heterocycles. The first-order valence-electron chi connectivity index (χ1n) is 7.35. The van der Waals surface area contributed by atoms with Crippen molar-refractivity contribution < 1.29 is 14.3 Å². The van der Waals surface area contributed by atoms with Crippen LogP contribution in [-0.4, -0.2) is 39.8 Å². The molecule has 0 radical (unpaired) electrons. The maximum atomic E-state index is 12.0. The number of hydrogen-bond acceptors (Lipinski definition) is 4. The average Bonchev–Trinajstić information content (AvgIpc) is 2.45. The van der Waals surface area contributed by atoms with E-state index in [0.717, 1.165) is 36.6 Å². The first-order chi connectivity index (χ1) is 10.2. The van der Waals surface area contributed by atoms with Gasteiger partial charge in [-0.15, -0.1) is 12.4 Å². The highest BCUT2D eigenvalue weighted by Crippen LogP contribution is 2.24. The molecule has 1 atom stereocenters. The zero-order valence-electron chi connectivity index (χ0n) is 13.3. The molecule has 0 aromatic heterocycles. The zero-order chi connectivity index (χ0) is 15.2. The Balaban J connectivity index is 0.00000242. The molecule has 0 saturated carbocycles. The lowest BCUT2D eigenvalue weighted by Gasteiger charge is -2.31. The molecule has 2 N–H and O–H groups in total. The van der Waals surface area contributed by atoms with Gasteiger partial charge in [-0.3, -0.25) is 4.79 Å². The molecule has 124 valence electrons. The molecule has 1 unspecified atom stereocenters. The SMILES string of the molecule is COc1ccc(CCNC(=O)C(C)C2CNC2)c(OC)c1.Cl. The summed E-state index contributed by atoms with van der Waals surface area (Å²) in [4.78, 5) is 12.0. The molecule has 5 nitrogen and oxygen atoms in total. The highest BCUT2D eigenvalue weighted by molar-refractivity contribution is 5.85. The Hall–Kier alpha value is -1.46. The Bertz CT molecular complexity index is 492. The van der Waals surface area contributed by atoms with E-state index in [1.54, 1.807) is 14.2 Å². The van der Waals surface area contributed by atoms with Crippen molar-refractivity contribution in [1.82, 2.24) is 10.6 Å². The Labute approximate surface area is 138 Å². The molecule has 1 aromatic rings. The number of benzene rings is 1. The van der Waals surface area contributed by atoms with Gasteiger partial charge in [0.2, 0.25) is 5.91 Å². The van der Waals surface area contributed by atoms with Crippen molar-refractivity contribution in [2.24, 2.45) is 11.8 Å². The molecule has 1 aliphatic heterocycles. The van der Waals surface area contributed by atoms with Crippen molar-refractivity contribution in [3.63, 3.8) is 0 Å². The van der Waals surface area contributed by atoms with Gasteiger partial charge in [0.25, 0.3) is 0 Å². The fourth-order valence-corrected chi connectivity index (χ4v) is 2.42. The summed E-state index contributed by atoms with van der Waals surface area (Å²) in [5.41, 5.74) is 1.07. The number of hydrogen-bond donors (Lipinski definition) is 2. The molecule has 0 spiro atoms. The minimum absolute atomic E-state index is 0. The van der Waals surface area contributed by atoms with Crippen LogP contribution >= 0.6 is 12.4 Å². The van der Waals surface area contributed by atoms with Crippen LogP contribution in [0.5, 0.6) is 11.5 Å². The second-order valence-electron chi connectivity index (χ2n) is 5.43. The normalized spacial score (nSPS) is 15.2. The lowest BCUT2D eigenvalue weighted by atomic mass is 9.88. The van der Waals surface area contributed by atoms with Gasteiger partial charge >= 0.3 is 0 Å². The minimum atomic E-state index is 0. The second kappa shape index (κ2) is 8.86. The predicted molar refractivity (Wildman–Crippen MR) is 89.0 cm³/mol. The quantitative estimate of drug-likeness (QED) is 0.799. The molecule has 1 heterocycles. The third-order valence-corrected chi connectivity index (χ3v) is 4.12. The summed E-state index contributed by atoms with van der Waals surface area (Å²) >= 11 is 0. The maximum Gasteiger partial charge on any atom is 0.223 e. The van der Waals surface area contributed by atoms with Crippen molar-refractivity contribution >= 4 is 18.3 Å². The number of rotatable bonds is 7. The van der Waals surface area contributed by atoms with Crippen LogP contribution in [0.4, 0.5) is 0 Å². The molecular weight excluding hydrogens is 304 g/mol. The largest absolute Gasteiger partial charge is 0.497 e. The standard InChI is InChI=1S/C16H24N2O3.ClH/c1-11(13-9-17-10-13)16(19)18-7-6-12-4-5-14(20-2)8-15(12)21-3;/h4-5,8,11,13,17H,6-7,9-10H2,1-3H3,(H,18,19);1H. The van der Waals surface area contributed by atoms with Gasteiger partial charge < -0.3 is 20.1 Å². The van der Waals surface area contributed by atoms with Gasteiger partial charge in [0.15, 0.2) is 0 Å². The van der Waals surface area contributed by atoms with Crippen LogP contribution in [-0.2, 0) is 11.2 Å². The maximum absolute atomic E-state index is 12.0. The summed E-state index contributed by atoms with van der Waals surface area (Å²) in [6, 6.07) is 5.74. The fraction of sp³-hybridized carbons (Fsp3) is 0.562. The number of methoxy groups -OCH3 is 2. The Morgan fingerprint density at radius 3 is 2.64 bits per heavy atom. The number of ether oxygens (including phenoxy) is 2. The van der Waals surface area contributed by atoms with Gasteiger partial charge in [0, 0.05) is 18.5 Å². The number of carbonyl (C=O) groups excluding carboxylic acids is 1. The molecule has 1 aromatic carbocycles. The molecule has 0 aliphatic carbocycles. The van der Waals surface area contributed by atoms with Crippen molar-refractivity contribution in [3.8, 4) is 11.5 Å². The smallest absolute Gasteiger partial charge is 0.223 e. The third kappa shape index (κ3) is 4.52. The van der Waals surface area contributed by atoms with Crippen LogP contribution < -0.4 is 20.1 Å². The molecule has 6 heteroatoms. The Morgan fingerprint density at radius 1 is 1.36 bits per heavy atom. The van der Waals surface area contributed by atoms with E-state index in [4.69, 9.17) is 9.47 Å². The zero-order valence-corrected chi connectivity index (χ0v) is 14.2. The number of carbonyl (C=O) groups is 1. The van der Waals surface area contributed by atoms with Crippen LogP contribution in [0, 0.1) is 11.8 Å². The first kappa shape index (κ1) is 18.6. The molecule has 1 aliphatic rings. The van der Waals surface area contributed by atoms with Gasteiger partial charge in [-0.1, -0.05) is 13.0 Å². The molecular formula is C16H25ClN2O3. The van der Waals surface area contributed by atoms with Crippen LogP contribution in [0.2, 0.25) is 0 Å². The summed E-state index contributed by atoms with van der Waals surface area (Å²) < 4.78 is 10.5. The van der Waals surface area contributed by atoms with E-state index < -0.39 is 0 Å². The van der Waals surface area contributed by atoms with Crippen LogP contribution in [0.15, 0.2) is 18.2 Å². The second-order valence-corrected chi connectivity index (χ2v) is 5.43. The summed E-state index contributed by atoms with van der Waals surface area (Å²) in [6.45, 7) is 4.50. The lowest BCUT2D eigenvalue weighted by molar-refractivity contribution is -0.126. The molecule has 1 fully saturated rings. The van der Waals surface area contributed by atoms with Gasteiger partial charge in [-0.25, -0.2) is 0 Å².